The maximum atomic E-state index is 11.0. The zero-order valence-electron chi connectivity index (χ0n) is 10.9. The Balaban J connectivity index is 3.01. The molecular formula is C12H24O5. The quantitative estimate of drug-likeness (QED) is 0.386. The fourth-order valence-electron chi connectivity index (χ4n) is 1.07. The molecule has 102 valence electrons. The fourth-order valence-corrected chi connectivity index (χ4v) is 1.07. The first kappa shape index (κ1) is 16.4. The summed E-state index contributed by atoms with van der Waals surface area (Å²) < 4.78 is 20.5. The normalized spacial score (nSPS) is 10.5. The number of hydrogen-bond donors (Lipinski definition) is 0. The van der Waals surface area contributed by atoms with E-state index in [0.717, 1.165) is 6.42 Å². The molecule has 0 spiro atoms. The highest BCUT2D eigenvalue weighted by atomic mass is 16.6. The summed E-state index contributed by atoms with van der Waals surface area (Å²) in [4.78, 5) is 11.0. The van der Waals surface area contributed by atoms with Crippen LogP contribution >= 0.6 is 0 Å². The minimum Gasteiger partial charge on any atom is -0.463 e. The van der Waals surface area contributed by atoms with Crippen LogP contribution in [0, 0.1) is 0 Å². The Morgan fingerprint density at radius 3 is 1.88 bits per heavy atom. The van der Waals surface area contributed by atoms with Crippen molar-refractivity contribution in [2.75, 3.05) is 46.2 Å². The first-order valence-electron chi connectivity index (χ1n) is 6.20. The van der Waals surface area contributed by atoms with Gasteiger partial charge < -0.3 is 18.9 Å². The van der Waals surface area contributed by atoms with Crippen LogP contribution in [0.3, 0.4) is 0 Å². The van der Waals surface area contributed by atoms with E-state index in [1.54, 1.807) is 0 Å². The molecule has 0 fully saturated rings. The summed E-state index contributed by atoms with van der Waals surface area (Å²) in [5, 5.41) is 0. The topological polar surface area (TPSA) is 54.0 Å². The van der Waals surface area contributed by atoms with Gasteiger partial charge in [0.05, 0.1) is 33.0 Å². The first-order chi connectivity index (χ1) is 8.31. The van der Waals surface area contributed by atoms with Gasteiger partial charge in [0, 0.05) is 13.0 Å². The summed E-state index contributed by atoms with van der Waals surface area (Å²) in [6.45, 7) is 7.59. The first-order valence-corrected chi connectivity index (χ1v) is 6.20. The summed E-state index contributed by atoms with van der Waals surface area (Å²) in [6.07, 6.45) is 1.29. The third-order valence-electron chi connectivity index (χ3n) is 1.89. The van der Waals surface area contributed by atoms with Crippen molar-refractivity contribution in [3.63, 3.8) is 0 Å². The molecule has 5 nitrogen and oxygen atoms in total. The highest BCUT2D eigenvalue weighted by molar-refractivity contribution is 5.69. The number of carbonyl (C=O) groups is 1. The second kappa shape index (κ2) is 13.4. The highest BCUT2D eigenvalue weighted by Crippen LogP contribution is 1.91. The summed E-state index contributed by atoms with van der Waals surface area (Å²) in [5.74, 6) is -0.163. The van der Waals surface area contributed by atoms with Gasteiger partial charge in [-0.25, -0.2) is 0 Å². The maximum absolute atomic E-state index is 11.0. The number of ether oxygens (including phenoxy) is 4. The van der Waals surface area contributed by atoms with Gasteiger partial charge in [-0.1, -0.05) is 6.92 Å². The smallest absolute Gasteiger partial charge is 0.305 e. The van der Waals surface area contributed by atoms with Crippen LogP contribution in [0.15, 0.2) is 0 Å². The van der Waals surface area contributed by atoms with Gasteiger partial charge in [-0.2, -0.15) is 0 Å². The molecule has 0 amide bonds. The summed E-state index contributed by atoms with van der Waals surface area (Å²) in [7, 11) is 0. The number of hydrogen-bond acceptors (Lipinski definition) is 5. The Hall–Kier alpha value is -0.650. The monoisotopic (exact) mass is 248 g/mol. The maximum Gasteiger partial charge on any atom is 0.305 e. The molecule has 17 heavy (non-hydrogen) atoms. The molecule has 0 aliphatic carbocycles. The lowest BCUT2D eigenvalue weighted by Gasteiger charge is -2.06. The van der Waals surface area contributed by atoms with Crippen LogP contribution in [0.4, 0.5) is 0 Å². The number of esters is 1. The van der Waals surface area contributed by atoms with Gasteiger partial charge in [0.1, 0.15) is 6.61 Å². The van der Waals surface area contributed by atoms with Crippen LogP contribution in [0.25, 0.3) is 0 Å². The number of rotatable bonds is 12. The van der Waals surface area contributed by atoms with Gasteiger partial charge in [-0.15, -0.1) is 0 Å². The van der Waals surface area contributed by atoms with E-state index in [1.807, 2.05) is 13.8 Å². The Morgan fingerprint density at radius 2 is 1.35 bits per heavy atom. The average Bonchev–Trinajstić information content (AvgIpc) is 2.32. The minimum absolute atomic E-state index is 0.163. The number of carbonyl (C=O) groups excluding carboxylic acids is 1. The molecule has 0 aromatic heterocycles. The average molecular weight is 248 g/mol. The van der Waals surface area contributed by atoms with E-state index < -0.39 is 0 Å². The molecule has 0 atom stereocenters. The predicted octanol–water partition coefficient (Wildman–Crippen LogP) is 1.40. The SMILES string of the molecule is CCCC(=O)OCCOCCOCCOCC. The summed E-state index contributed by atoms with van der Waals surface area (Å²) in [5.41, 5.74) is 0. The van der Waals surface area contributed by atoms with Crippen molar-refractivity contribution in [2.24, 2.45) is 0 Å². The third-order valence-corrected chi connectivity index (χ3v) is 1.89. The molecule has 0 aromatic rings. The lowest BCUT2D eigenvalue weighted by Crippen LogP contribution is -2.13. The second-order valence-corrected chi connectivity index (χ2v) is 3.39. The molecule has 0 aliphatic heterocycles. The summed E-state index contributed by atoms with van der Waals surface area (Å²) >= 11 is 0. The van der Waals surface area contributed by atoms with Crippen LogP contribution in [0.5, 0.6) is 0 Å². The summed E-state index contributed by atoms with van der Waals surface area (Å²) in [6, 6.07) is 0. The van der Waals surface area contributed by atoms with Crippen LogP contribution < -0.4 is 0 Å². The molecule has 0 saturated carbocycles. The van der Waals surface area contributed by atoms with Gasteiger partial charge in [0.2, 0.25) is 0 Å². The second-order valence-electron chi connectivity index (χ2n) is 3.39. The van der Waals surface area contributed by atoms with Crippen molar-refractivity contribution in [3.05, 3.63) is 0 Å². The van der Waals surface area contributed by atoms with Gasteiger partial charge in [-0.3, -0.25) is 4.79 Å². The van der Waals surface area contributed by atoms with E-state index in [4.69, 9.17) is 18.9 Å². The molecule has 0 heterocycles. The molecule has 0 rings (SSSR count). The molecule has 0 N–H and O–H groups in total. The van der Waals surface area contributed by atoms with Crippen LogP contribution in [-0.4, -0.2) is 52.2 Å². The van der Waals surface area contributed by atoms with Crippen molar-refractivity contribution in [2.45, 2.75) is 26.7 Å². The largest absolute Gasteiger partial charge is 0.463 e. The lowest BCUT2D eigenvalue weighted by molar-refractivity contribution is -0.145. The van der Waals surface area contributed by atoms with E-state index in [-0.39, 0.29) is 5.97 Å². The Morgan fingerprint density at radius 1 is 0.824 bits per heavy atom. The Labute approximate surface area is 103 Å². The van der Waals surface area contributed by atoms with Crippen LogP contribution in [0.1, 0.15) is 26.7 Å². The van der Waals surface area contributed by atoms with Crippen LogP contribution in [-0.2, 0) is 23.7 Å². The van der Waals surface area contributed by atoms with Crippen molar-refractivity contribution in [1.82, 2.24) is 0 Å². The van der Waals surface area contributed by atoms with E-state index >= 15 is 0 Å². The predicted molar refractivity (Wildman–Crippen MR) is 64.0 cm³/mol. The van der Waals surface area contributed by atoms with E-state index in [2.05, 4.69) is 0 Å². The standard InChI is InChI=1S/C12H24O5/c1-3-5-12(13)17-11-10-16-9-8-15-7-6-14-4-2/h3-11H2,1-2H3. The van der Waals surface area contributed by atoms with Crippen molar-refractivity contribution in [3.8, 4) is 0 Å². The highest BCUT2D eigenvalue weighted by Gasteiger charge is 1.99. The molecule has 0 aromatic carbocycles. The zero-order chi connectivity index (χ0) is 12.8. The van der Waals surface area contributed by atoms with Crippen molar-refractivity contribution >= 4 is 5.97 Å². The van der Waals surface area contributed by atoms with E-state index in [0.29, 0.717) is 52.7 Å². The fraction of sp³-hybridized carbons (Fsp3) is 0.917. The van der Waals surface area contributed by atoms with Crippen molar-refractivity contribution < 1.29 is 23.7 Å². The molecular weight excluding hydrogens is 224 g/mol. The van der Waals surface area contributed by atoms with Gasteiger partial charge in [-0.05, 0) is 13.3 Å². The molecule has 0 saturated heterocycles. The molecule has 0 aliphatic rings. The van der Waals surface area contributed by atoms with E-state index in [9.17, 15) is 4.79 Å². The Bertz CT molecular complexity index is 172. The van der Waals surface area contributed by atoms with Gasteiger partial charge in [0.25, 0.3) is 0 Å². The molecule has 0 radical (unpaired) electrons. The zero-order valence-corrected chi connectivity index (χ0v) is 10.9. The van der Waals surface area contributed by atoms with Gasteiger partial charge >= 0.3 is 5.97 Å². The van der Waals surface area contributed by atoms with Gasteiger partial charge in [0.15, 0.2) is 0 Å². The third kappa shape index (κ3) is 13.3. The van der Waals surface area contributed by atoms with E-state index in [1.165, 1.54) is 0 Å². The van der Waals surface area contributed by atoms with Crippen molar-refractivity contribution in [1.29, 1.82) is 0 Å². The Kier molecular flexibility index (Phi) is 12.9. The van der Waals surface area contributed by atoms with Crippen LogP contribution in [0.2, 0.25) is 0 Å². The lowest BCUT2D eigenvalue weighted by atomic mass is 10.3. The minimum atomic E-state index is -0.163. The molecule has 5 heteroatoms. The molecule has 0 bridgehead atoms. The molecule has 0 unspecified atom stereocenters.